The molecule has 0 saturated heterocycles. The van der Waals surface area contributed by atoms with Crippen molar-refractivity contribution in [2.75, 3.05) is 21.5 Å². The second-order valence-electron chi connectivity index (χ2n) is 7.24. The Morgan fingerprint density at radius 1 is 1.06 bits per heavy atom. The molecule has 1 heterocycles. The Morgan fingerprint density at radius 2 is 1.81 bits per heavy atom. The fourth-order valence-corrected chi connectivity index (χ4v) is 4.64. The molecule has 170 valence electrons. The highest BCUT2D eigenvalue weighted by atomic mass is 32.2. The smallest absolute Gasteiger partial charge is 0.234 e. The van der Waals surface area contributed by atoms with Crippen LogP contribution in [-0.2, 0) is 21.4 Å². The molecule has 1 aromatic heterocycles. The number of anilines is 2. The van der Waals surface area contributed by atoms with E-state index in [1.807, 2.05) is 42.7 Å². The van der Waals surface area contributed by atoms with E-state index in [9.17, 15) is 13.2 Å². The first kappa shape index (κ1) is 23.8. The number of carbonyl (C=O) groups is 1. The molecule has 0 aliphatic rings. The van der Waals surface area contributed by atoms with Crippen LogP contribution in [0, 0.1) is 13.8 Å². The lowest BCUT2D eigenvalue weighted by molar-refractivity contribution is -0.113. The second-order valence-corrected chi connectivity index (χ2v) is 10.2. The molecule has 0 atom stereocenters. The van der Waals surface area contributed by atoms with Crippen molar-refractivity contribution >= 4 is 39.1 Å². The van der Waals surface area contributed by atoms with Crippen LogP contribution in [0.15, 0.2) is 47.6 Å². The third-order valence-electron chi connectivity index (χ3n) is 4.91. The van der Waals surface area contributed by atoms with Gasteiger partial charge in [-0.3, -0.25) is 9.52 Å². The van der Waals surface area contributed by atoms with E-state index in [1.165, 1.54) is 11.8 Å². The van der Waals surface area contributed by atoms with Crippen LogP contribution in [0.5, 0.6) is 0 Å². The number of thioether (sulfide) groups is 1. The van der Waals surface area contributed by atoms with E-state index in [4.69, 9.17) is 0 Å². The largest absolute Gasteiger partial charge is 0.325 e. The Kier molecular flexibility index (Phi) is 7.57. The first-order chi connectivity index (χ1) is 15.2. The van der Waals surface area contributed by atoms with Gasteiger partial charge in [-0.05, 0) is 57.0 Å². The Bertz CT molecular complexity index is 1220. The Morgan fingerprint density at radius 3 is 2.47 bits per heavy atom. The van der Waals surface area contributed by atoms with Crippen molar-refractivity contribution < 1.29 is 13.2 Å². The fraction of sp³-hybridized carbons (Fsp3) is 0.318. The summed E-state index contributed by atoms with van der Waals surface area (Å²) in [7, 11) is -3.35. The first-order valence-corrected chi connectivity index (χ1v) is 12.9. The molecule has 8 nitrogen and oxygen atoms in total. The molecular formula is C22H27N5O3S2. The van der Waals surface area contributed by atoms with Crippen LogP contribution in [0.25, 0.3) is 11.4 Å². The minimum Gasteiger partial charge on any atom is -0.325 e. The number of amides is 1. The molecule has 32 heavy (non-hydrogen) atoms. The third kappa shape index (κ3) is 5.68. The van der Waals surface area contributed by atoms with Gasteiger partial charge in [-0.2, -0.15) is 0 Å². The minimum absolute atomic E-state index is 0.00388. The summed E-state index contributed by atoms with van der Waals surface area (Å²) in [5.41, 5.74) is 3.96. The molecular weight excluding hydrogens is 446 g/mol. The minimum atomic E-state index is -3.35. The van der Waals surface area contributed by atoms with E-state index in [0.717, 1.165) is 22.5 Å². The number of aryl methyl sites for hydroxylation is 2. The summed E-state index contributed by atoms with van der Waals surface area (Å²) in [5.74, 6) is 0.777. The highest BCUT2D eigenvalue weighted by molar-refractivity contribution is 7.99. The summed E-state index contributed by atoms with van der Waals surface area (Å²) >= 11 is 1.32. The number of benzene rings is 2. The van der Waals surface area contributed by atoms with Crippen molar-refractivity contribution in [3.8, 4) is 11.4 Å². The highest BCUT2D eigenvalue weighted by Crippen LogP contribution is 2.26. The predicted octanol–water partition coefficient (Wildman–Crippen LogP) is 4.07. The SMILES string of the molecule is CCn1c(SCC(=O)Nc2ccc(NS(=O)(=O)CC)c(C)c2)nnc1-c1ccccc1C. The lowest BCUT2D eigenvalue weighted by atomic mass is 10.1. The number of nitrogens with zero attached hydrogens (tertiary/aromatic N) is 3. The maximum absolute atomic E-state index is 12.5. The van der Waals surface area contributed by atoms with Gasteiger partial charge >= 0.3 is 0 Å². The molecule has 0 radical (unpaired) electrons. The summed E-state index contributed by atoms with van der Waals surface area (Å²) in [6.07, 6.45) is 0. The third-order valence-corrected chi connectivity index (χ3v) is 7.16. The van der Waals surface area contributed by atoms with Gasteiger partial charge in [-0.1, -0.05) is 36.0 Å². The van der Waals surface area contributed by atoms with Crippen LogP contribution in [0.2, 0.25) is 0 Å². The lowest BCUT2D eigenvalue weighted by Gasteiger charge is -2.12. The van der Waals surface area contributed by atoms with Crippen LogP contribution < -0.4 is 10.0 Å². The summed E-state index contributed by atoms with van der Waals surface area (Å²) in [5, 5.41) is 12.2. The molecule has 0 unspecified atom stereocenters. The van der Waals surface area contributed by atoms with Crippen molar-refractivity contribution in [3.63, 3.8) is 0 Å². The van der Waals surface area contributed by atoms with Gasteiger partial charge in [0.25, 0.3) is 0 Å². The number of sulfonamides is 1. The van der Waals surface area contributed by atoms with Gasteiger partial charge in [0, 0.05) is 17.8 Å². The standard InChI is InChI=1S/C22H27N5O3S2/c1-5-27-21(18-10-8-7-9-15(18)3)24-25-22(27)31-14-20(28)23-17-11-12-19(16(4)13-17)26-32(29,30)6-2/h7-13,26H,5-6,14H2,1-4H3,(H,23,28). The summed E-state index contributed by atoms with van der Waals surface area (Å²) in [6, 6.07) is 13.1. The van der Waals surface area contributed by atoms with Gasteiger partial charge in [0.15, 0.2) is 11.0 Å². The maximum Gasteiger partial charge on any atom is 0.234 e. The number of rotatable bonds is 9. The van der Waals surface area contributed by atoms with Gasteiger partial charge in [0.05, 0.1) is 17.2 Å². The molecule has 2 N–H and O–H groups in total. The van der Waals surface area contributed by atoms with Crippen molar-refractivity contribution in [1.82, 2.24) is 14.8 Å². The monoisotopic (exact) mass is 473 g/mol. The molecule has 0 aliphatic heterocycles. The van der Waals surface area contributed by atoms with Crippen LogP contribution in [0.3, 0.4) is 0 Å². The van der Waals surface area contributed by atoms with Crippen LogP contribution in [0.1, 0.15) is 25.0 Å². The van der Waals surface area contributed by atoms with Crippen molar-refractivity contribution in [2.24, 2.45) is 0 Å². The van der Waals surface area contributed by atoms with Crippen LogP contribution in [0.4, 0.5) is 11.4 Å². The molecule has 0 aliphatic carbocycles. The van der Waals surface area contributed by atoms with Crippen molar-refractivity contribution in [3.05, 3.63) is 53.6 Å². The van der Waals surface area contributed by atoms with Gasteiger partial charge in [-0.25, -0.2) is 8.42 Å². The average molecular weight is 474 g/mol. The zero-order valence-corrected chi connectivity index (χ0v) is 20.2. The van der Waals surface area contributed by atoms with E-state index in [0.29, 0.717) is 23.1 Å². The van der Waals surface area contributed by atoms with Gasteiger partial charge in [0.1, 0.15) is 0 Å². The first-order valence-electron chi connectivity index (χ1n) is 10.3. The molecule has 3 aromatic rings. The summed E-state index contributed by atoms with van der Waals surface area (Å²) in [6.45, 7) is 8.11. The van der Waals surface area contributed by atoms with Crippen molar-refractivity contribution in [2.45, 2.75) is 39.4 Å². The zero-order valence-electron chi connectivity index (χ0n) is 18.5. The summed E-state index contributed by atoms with van der Waals surface area (Å²) < 4.78 is 28.1. The number of aromatic nitrogens is 3. The van der Waals surface area contributed by atoms with E-state index >= 15 is 0 Å². The average Bonchev–Trinajstić information content (AvgIpc) is 3.17. The topological polar surface area (TPSA) is 106 Å². The molecule has 1 amide bonds. The Hall–Kier alpha value is -2.85. The number of hydrogen-bond acceptors (Lipinski definition) is 6. The molecule has 10 heteroatoms. The molecule has 0 spiro atoms. The number of nitrogens with one attached hydrogen (secondary N) is 2. The number of carbonyl (C=O) groups excluding carboxylic acids is 1. The predicted molar refractivity (Wildman–Crippen MR) is 129 cm³/mol. The number of hydrogen-bond donors (Lipinski definition) is 2. The molecule has 3 rings (SSSR count). The zero-order chi connectivity index (χ0) is 23.3. The van der Waals surface area contributed by atoms with E-state index < -0.39 is 10.0 Å². The highest BCUT2D eigenvalue weighted by Gasteiger charge is 2.16. The van der Waals surface area contributed by atoms with Crippen LogP contribution >= 0.6 is 11.8 Å². The molecule has 2 aromatic carbocycles. The van der Waals surface area contributed by atoms with E-state index in [-0.39, 0.29) is 17.4 Å². The van der Waals surface area contributed by atoms with E-state index in [1.54, 1.807) is 32.0 Å². The Labute approximate surface area is 192 Å². The molecule has 0 saturated carbocycles. The van der Waals surface area contributed by atoms with Gasteiger partial charge in [0.2, 0.25) is 15.9 Å². The lowest BCUT2D eigenvalue weighted by Crippen LogP contribution is -2.16. The fourth-order valence-electron chi connectivity index (χ4n) is 3.13. The quantitative estimate of drug-likeness (QED) is 0.454. The van der Waals surface area contributed by atoms with Crippen molar-refractivity contribution in [1.29, 1.82) is 0 Å². The van der Waals surface area contributed by atoms with Crippen LogP contribution in [-0.4, -0.2) is 40.6 Å². The second kappa shape index (κ2) is 10.2. The van der Waals surface area contributed by atoms with Gasteiger partial charge < -0.3 is 9.88 Å². The normalized spacial score (nSPS) is 11.4. The Balaban J connectivity index is 1.66. The summed E-state index contributed by atoms with van der Waals surface area (Å²) in [4.78, 5) is 12.5. The maximum atomic E-state index is 12.5. The molecule has 0 bridgehead atoms. The molecule has 0 fully saturated rings. The van der Waals surface area contributed by atoms with Gasteiger partial charge in [-0.15, -0.1) is 10.2 Å². The van der Waals surface area contributed by atoms with E-state index in [2.05, 4.69) is 20.2 Å².